The van der Waals surface area contributed by atoms with Crippen molar-refractivity contribution in [3.8, 4) is 6.07 Å². The summed E-state index contributed by atoms with van der Waals surface area (Å²) < 4.78 is 2.20. The second-order valence-corrected chi connectivity index (χ2v) is 4.07. The molecule has 16 heavy (non-hydrogen) atoms. The highest BCUT2D eigenvalue weighted by Gasteiger charge is 2.06. The van der Waals surface area contributed by atoms with Gasteiger partial charge in [0.2, 0.25) is 0 Å². The van der Waals surface area contributed by atoms with Gasteiger partial charge in [-0.3, -0.25) is 0 Å². The minimum atomic E-state index is 0.784. The molecule has 2 aromatic rings. The van der Waals surface area contributed by atoms with E-state index in [9.17, 15) is 0 Å². The lowest BCUT2D eigenvalue weighted by Gasteiger charge is -2.03. The summed E-state index contributed by atoms with van der Waals surface area (Å²) >= 11 is 0. The van der Waals surface area contributed by atoms with Gasteiger partial charge in [-0.25, -0.2) is 0 Å². The first-order valence-corrected chi connectivity index (χ1v) is 5.84. The molecule has 0 aliphatic carbocycles. The van der Waals surface area contributed by atoms with E-state index in [2.05, 4.69) is 23.6 Å². The Morgan fingerprint density at radius 2 is 2.06 bits per heavy atom. The van der Waals surface area contributed by atoms with E-state index in [1.165, 1.54) is 24.8 Å². The van der Waals surface area contributed by atoms with Gasteiger partial charge in [0.25, 0.3) is 0 Å². The first-order valence-electron chi connectivity index (χ1n) is 5.84. The third-order valence-electron chi connectivity index (χ3n) is 2.91. The lowest BCUT2D eigenvalue weighted by atomic mass is 10.2. The molecule has 0 bridgehead atoms. The molecule has 0 N–H and O–H groups in total. The Morgan fingerprint density at radius 1 is 1.25 bits per heavy atom. The number of nitriles is 1. The topological polar surface area (TPSA) is 28.7 Å². The van der Waals surface area contributed by atoms with E-state index in [1.54, 1.807) is 0 Å². The molecule has 82 valence electrons. The fraction of sp³-hybridized carbons (Fsp3) is 0.357. The highest BCUT2D eigenvalue weighted by Crippen LogP contribution is 2.21. The van der Waals surface area contributed by atoms with Gasteiger partial charge in [0.15, 0.2) is 0 Å². The van der Waals surface area contributed by atoms with Gasteiger partial charge in [-0.15, -0.1) is 0 Å². The van der Waals surface area contributed by atoms with Crippen molar-refractivity contribution in [1.82, 2.24) is 4.57 Å². The van der Waals surface area contributed by atoms with Crippen LogP contribution in [-0.4, -0.2) is 4.57 Å². The number of rotatable bonds is 4. The normalized spacial score (nSPS) is 10.5. The van der Waals surface area contributed by atoms with E-state index in [4.69, 9.17) is 5.26 Å². The van der Waals surface area contributed by atoms with E-state index >= 15 is 0 Å². The summed E-state index contributed by atoms with van der Waals surface area (Å²) in [6.07, 6.45) is 5.62. The number of aryl methyl sites for hydroxylation is 1. The molecular formula is C14H16N2. The number of para-hydroxylation sites is 1. The number of fused-ring (bicyclic) bond motifs is 1. The number of benzene rings is 1. The summed E-state index contributed by atoms with van der Waals surface area (Å²) in [6.45, 7) is 3.21. The van der Waals surface area contributed by atoms with Gasteiger partial charge in [0.05, 0.1) is 5.56 Å². The number of unbranched alkanes of at least 4 members (excludes halogenated alkanes) is 2. The Bertz CT molecular complexity index is 517. The van der Waals surface area contributed by atoms with Crippen molar-refractivity contribution in [1.29, 1.82) is 5.26 Å². The third kappa shape index (κ3) is 1.94. The van der Waals surface area contributed by atoms with Crippen LogP contribution in [0.1, 0.15) is 31.7 Å². The number of aromatic nitrogens is 1. The first kappa shape index (κ1) is 10.8. The molecular weight excluding hydrogens is 196 g/mol. The predicted molar refractivity (Wildman–Crippen MR) is 66.2 cm³/mol. The molecule has 1 aromatic heterocycles. The molecule has 2 heteroatoms. The highest BCUT2D eigenvalue weighted by molar-refractivity contribution is 5.86. The van der Waals surface area contributed by atoms with Crippen molar-refractivity contribution < 1.29 is 0 Å². The highest BCUT2D eigenvalue weighted by atomic mass is 15.0. The van der Waals surface area contributed by atoms with Gasteiger partial charge in [-0.2, -0.15) is 5.26 Å². The summed E-state index contributed by atoms with van der Waals surface area (Å²) in [6, 6.07) is 10.4. The molecule has 0 fully saturated rings. The molecule has 2 nitrogen and oxygen atoms in total. The van der Waals surface area contributed by atoms with Crippen LogP contribution in [0.5, 0.6) is 0 Å². The standard InChI is InChI=1S/C14H16N2/c1-2-3-6-9-16-11-12(10-15)13-7-4-5-8-14(13)16/h4-5,7-8,11H,2-3,6,9H2,1H3. The Kier molecular flexibility index (Phi) is 3.26. The van der Waals surface area contributed by atoms with Crippen molar-refractivity contribution in [2.24, 2.45) is 0 Å². The van der Waals surface area contributed by atoms with Crippen molar-refractivity contribution in [3.63, 3.8) is 0 Å². The molecule has 0 aliphatic rings. The number of nitrogens with zero attached hydrogens (tertiary/aromatic N) is 2. The second-order valence-electron chi connectivity index (χ2n) is 4.07. The van der Waals surface area contributed by atoms with Gasteiger partial charge >= 0.3 is 0 Å². The van der Waals surface area contributed by atoms with Gasteiger partial charge < -0.3 is 4.57 Å². The van der Waals surface area contributed by atoms with Gasteiger partial charge in [0, 0.05) is 23.6 Å². The maximum absolute atomic E-state index is 9.06. The Balaban J connectivity index is 2.35. The minimum absolute atomic E-state index is 0.784. The van der Waals surface area contributed by atoms with Crippen LogP contribution >= 0.6 is 0 Å². The van der Waals surface area contributed by atoms with Crippen LogP contribution in [-0.2, 0) is 6.54 Å². The van der Waals surface area contributed by atoms with Crippen LogP contribution in [0.25, 0.3) is 10.9 Å². The van der Waals surface area contributed by atoms with Crippen LogP contribution in [0.15, 0.2) is 30.5 Å². The zero-order valence-electron chi connectivity index (χ0n) is 9.61. The third-order valence-corrected chi connectivity index (χ3v) is 2.91. The summed E-state index contributed by atoms with van der Waals surface area (Å²) in [4.78, 5) is 0. The lowest BCUT2D eigenvalue weighted by Crippen LogP contribution is -1.95. The molecule has 0 atom stereocenters. The Morgan fingerprint density at radius 3 is 2.81 bits per heavy atom. The summed E-state index contributed by atoms with van der Waals surface area (Å²) in [5.41, 5.74) is 1.96. The maximum atomic E-state index is 9.06. The van der Waals surface area contributed by atoms with Crippen LogP contribution in [0, 0.1) is 11.3 Å². The Hall–Kier alpha value is -1.75. The molecule has 0 unspecified atom stereocenters. The van der Waals surface area contributed by atoms with Crippen molar-refractivity contribution in [2.75, 3.05) is 0 Å². The van der Waals surface area contributed by atoms with E-state index in [1.807, 2.05) is 24.4 Å². The SMILES string of the molecule is CCCCCn1cc(C#N)c2ccccc21. The Labute approximate surface area is 96.1 Å². The summed E-state index contributed by atoms with van der Waals surface area (Å²) in [7, 11) is 0. The van der Waals surface area contributed by atoms with Crippen molar-refractivity contribution in [2.45, 2.75) is 32.7 Å². The molecule has 2 rings (SSSR count). The quantitative estimate of drug-likeness (QED) is 0.710. The fourth-order valence-corrected chi connectivity index (χ4v) is 2.05. The van der Waals surface area contributed by atoms with Gasteiger partial charge in [0.1, 0.15) is 6.07 Å². The zero-order valence-corrected chi connectivity index (χ0v) is 9.61. The number of hydrogen-bond acceptors (Lipinski definition) is 1. The average molecular weight is 212 g/mol. The first-order chi connectivity index (χ1) is 7.86. The molecule has 0 saturated carbocycles. The lowest BCUT2D eigenvalue weighted by molar-refractivity contribution is 0.616. The molecule has 1 aromatic carbocycles. The maximum Gasteiger partial charge on any atom is 0.101 e. The predicted octanol–water partition coefficient (Wildman–Crippen LogP) is 3.70. The summed E-state index contributed by atoms with van der Waals surface area (Å²) in [5, 5.41) is 10.1. The minimum Gasteiger partial charge on any atom is -0.346 e. The molecule has 0 saturated heterocycles. The van der Waals surface area contributed by atoms with E-state index in [-0.39, 0.29) is 0 Å². The van der Waals surface area contributed by atoms with Gasteiger partial charge in [-0.05, 0) is 12.5 Å². The van der Waals surface area contributed by atoms with Crippen LogP contribution in [0.4, 0.5) is 0 Å². The average Bonchev–Trinajstić information content (AvgIpc) is 2.68. The second kappa shape index (κ2) is 4.85. The van der Waals surface area contributed by atoms with Crippen LogP contribution in [0.3, 0.4) is 0 Å². The zero-order chi connectivity index (χ0) is 11.4. The molecule has 0 amide bonds. The molecule has 0 radical (unpaired) electrons. The molecule has 1 heterocycles. The van der Waals surface area contributed by atoms with Gasteiger partial charge in [-0.1, -0.05) is 38.0 Å². The van der Waals surface area contributed by atoms with E-state index < -0.39 is 0 Å². The van der Waals surface area contributed by atoms with Crippen LogP contribution in [0.2, 0.25) is 0 Å². The van der Waals surface area contributed by atoms with Crippen molar-refractivity contribution >= 4 is 10.9 Å². The van der Waals surface area contributed by atoms with E-state index in [0.717, 1.165) is 17.5 Å². The monoisotopic (exact) mass is 212 g/mol. The largest absolute Gasteiger partial charge is 0.346 e. The van der Waals surface area contributed by atoms with E-state index in [0.29, 0.717) is 0 Å². The fourth-order valence-electron chi connectivity index (χ4n) is 2.05. The van der Waals surface area contributed by atoms with Crippen LogP contribution < -0.4 is 0 Å². The van der Waals surface area contributed by atoms with Crippen molar-refractivity contribution in [3.05, 3.63) is 36.0 Å². The molecule has 0 aliphatic heterocycles. The number of hydrogen-bond donors (Lipinski definition) is 0. The smallest absolute Gasteiger partial charge is 0.101 e. The molecule has 0 spiro atoms. The summed E-state index contributed by atoms with van der Waals surface area (Å²) in [5.74, 6) is 0.